The minimum absolute atomic E-state index is 0.377. The molecular weight excluding hydrogens is 382 g/mol. The lowest BCUT2D eigenvalue weighted by molar-refractivity contribution is -0.144. The number of hydrogen-bond acceptors (Lipinski definition) is 3. The Labute approximate surface area is 187 Å². The van der Waals surface area contributed by atoms with Crippen molar-refractivity contribution in [2.24, 2.45) is 11.3 Å². The van der Waals surface area contributed by atoms with E-state index in [1.54, 1.807) is 0 Å². The van der Waals surface area contributed by atoms with Crippen LogP contribution in [0.5, 0.6) is 5.75 Å². The molecule has 164 valence electrons. The van der Waals surface area contributed by atoms with Crippen LogP contribution in [-0.2, 0) is 11.2 Å². The van der Waals surface area contributed by atoms with E-state index in [4.69, 9.17) is 4.74 Å². The molecule has 0 saturated heterocycles. The van der Waals surface area contributed by atoms with E-state index in [9.17, 15) is 10.1 Å². The van der Waals surface area contributed by atoms with Crippen molar-refractivity contribution in [3.05, 3.63) is 54.1 Å². The number of rotatable bonds is 9. The highest BCUT2D eigenvalue weighted by molar-refractivity contribution is 5.82. The molecular formula is C28H35NO2. The Hall–Kier alpha value is -2.60. The highest BCUT2D eigenvalue weighted by Crippen LogP contribution is 2.40. The van der Waals surface area contributed by atoms with E-state index in [2.05, 4.69) is 44.2 Å². The molecule has 2 atom stereocenters. The predicted octanol–water partition coefficient (Wildman–Crippen LogP) is 7.49. The number of ether oxygens (including phenoxy) is 1. The van der Waals surface area contributed by atoms with Crippen LogP contribution in [0.25, 0.3) is 11.1 Å². The standard InChI is InChI=1S/C28H35NO2/c1-3-4-5-6-7-10-23-11-13-24(14-12-23)25-15-17-26(18-16-25)31-27(30)28(21-29)19-8-9-22(2)20-28/h11-18,22H,3-10,19-20H2,1-2H3. The van der Waals surface area contributed by atoms with E-state index in [0.29, 0.717) is 24.5 Å². The maximum Gasteiger partial charge on any atom is 0.331 e. The van der Waals surface area contributed by atoms with Crippen molar-refractivity contribution < 1.29 is 9.53 Å². The van der Waals surface area contributed by atoms with Crippen molar-refractivity contribution in [3.63, 3.8) is 0 Å². The van der Waals surface area contributed by atoms with Gasteiger partial charge in [-0.2, -0.15) is 5.26 Å². The summed E-state index contributed by atoms with van der Waals surface area (Å²) in [6.45, 7) is 4.35. The second kappa shape index (κ2) is 11.1. The third kappa shape index (κ3) is 6.20. The quantitative estimate of drug-likeness (QED) is 0.241. The number of esters is 1. The topological polar surface area (TPSA) is 50.1 Å². The predicted molar refractivity (Wildman–Crippen MR) is 126 cm³/mol. The van der Waals surface area contributed by atoms with Gasteiger partial charge < -0.3 is 4.74 Å². The summed E-state index contributed by atoms with van der Waals surface area (Å²) in [5.41, 5.74) is 2.63. The number of aryl methyl sites for hydroxylation is 1. The Morgan fingerprint density at radius 1 is 1.03 bits per heavy atom. The lowest BCUT2D eigenvalue weighted by Gasteiger charge is -2.31. The Morgan fingerprint density at radius 2 is 1.68 bits per heavy atom. The van der Waals surface area contributed by atoms with Gasteiger partial charge in [0.15, 0.2) is 5.41 Å². The second-order valence-electron chi connectivity index (χ2n) is 9.17. The normalized spacial score (nSPS) is 20.7. The van der Waals surface area contributed by atoms with Gasteiger partial charge in [-0.3, -0.25) is 0 Å². The zero-order valence-corrected chi connectivity index (χ0v) is 19.0. The van der Waals surface area contributed by atoms with Crippen molar-refractivity contribution in [2.45, 2.75) is 78.1 Å². The first-order chi connectivity index (χ1) is 15.1. The number of hydrogen-bond donors (Lipinski definition) is 0. The Balaban J connectivity index is 1.57. The van der Waals surface area contributed by atoms with Crippen LogP contribution in [0.2, 0.25) is 0 Å². The van der Waals surface area contributed by atoms with E-state index in [1.807, 2.05) is 24.3 Å². The highest BCUT2D eigenvalue weighted by atomic mass is 16.5. The molecule has 2 unspecified atom stereocenters. The van der Waals surface area contributed by atoms with Crippen LogP contribution in [0.3, 0.4) is 0 Å². The van der Waals surface area contributed by atoms with Crippen LogP contribution < -0.4 is 4.74 Å². The molecule has 1 aliphatic carbocycles. The average molecular weight is 418 g/mol. The lowest BCUT2D eigenvalue weighted by atomic mass is 9.71. The zero-order chi connectivity index (χ0) is 22.1. The molecule has 3 heteroatoms. The molecule has 2 aromatic carbocycles. The molecule has 0 heterocycles. The van der Waals surface area contributed by atoms with E-state index >= 15 is 0 Å². The summed E-state index contributed by atoms with van der Waals surface area (Å²) in [7, 11) is 0. The first kappa shape index (κ1) is 23.1. The van der Waals surface area contributed by atoms with Gasteiger partial charge >= 0.3 is 5.97 Å². The molecule has 0 aliphatic heterocycles. The molecule has 1 fully saturated rings. The molecule has 3 rings (SSSR count). The fourth-order valence-corrected chi connectivity index (χ4v) is 4.60. The molecule has 0 bridgehead atoms. The largest absolute Gasteiger partial charge is 0.425 e. The van der Waals surface area contributed by atoms with Gasteiger partial charge in [0.1, 0.15) is 5.75 Å². The maximum atomic E-state index is 12.8. The summed E-state index contributed by atoms with van der Waals surface area (Å²) >= 11 is 0. The van der Waals surface area contributed by atoms with Gasteiger partial charge in [-0.15, -0.1) is 0 Å². The number of nitriles is 1. The lowest BCUT2D eigenvalue weighted by Crippen LogP contribution is -2.37. The maximum absolute atomic E-state index is 12.8. The van der Waals surface area contributed by atoms with Crippen LogP contribution in [-0.4, -0.2) is 5.97 Å². The van der Waals surface area contributed by atoms with Crippen molar-refractivity contribution in [1.29, 1.82) is 5.26 Å². The van der Waals surface area contributed by atoms with E-state index < -0.39 is 11.4 Å². The molecule has 31 heavy (non-hydrogen) atoms. The molecule has 2 aromatic rings. The van der Waals surface area contributed by atoms with Crippen LogP contribution in [0.4, 0.5) is 0 Å². The fraction of sp³-hybridized carbons (Fsp3) is 0.500. The van der Waals surface area contributed by atoms with E-state index in [0.717, 1.165) is 30.4 Å². The third-order valence-electron chi connectivity index (χ3n) is 6.52. The minimum Gasteiger partial charge on any atom is -0.425 e. The third-order valence-corrected chi connectivity index (χ3v) is 6.52. The van der Waals surface area contributed by atoms with Gasteiger partial charge in [-0.25, -0.2) is 4.79 Å². The first-order valence-electron chi connectivity index (χ1n) is 11.9. The van der Waals surface area contributed by atoms with Crippen molar-refractivity contribution in [2.75, 3.05) is 0 Å². The van der Waals surface area contributed by atoms with Gasteiger partial charge in [0, 0.05) is 0 Å². The summed E-state index contributed by atoms with van der Waals surface area (Å²) in [4.78, 5) is 12.8. The van der Waals surface area contributed by atoms with Crippen LogP contribution in [0.15, 0.2) is 48.5 Å². The average Bonchev–Trinajstić information content (AvgIpc) is 2.80. The summed E-state index contributed by atoms with van der Waals surface area (Å²) in [5, 5.41) is 9.66. The molecule has 0 aromatic heterocycles. The van der Waals surface area contributed by atoms with Crippen LogP contribution in [0.1, 0.15) is 77.2 Å². The summed E-state index contributed by atoms with van der Waals surface area (Å²) in [5.74, 6) is 0.477. The van der Waals surface area contributed by atoms with Crippen molar-refractivity contribution >= 4 is 5.97 Å². The van der Waals surface area contributed by atoms with Gasteiger partial charge in [0.05, 0.1) is 6.07 Å². The smallest absolute Gasteiger partial charge is 0.331 e. The molecule has 3 nitrogen and oxygen atoms in total. The summed E-state index contributed by atoms with van der Waals surface area (Å²) < 4.78 is 5.62. The number of carbonyl (C=O) groups excluding carboxylic acids is 1. The summed E-state index contributed by atoms with van der Waals surface area (Å²) in [6, 6.07) is 18.6. The molecule has 1 saturated carbocycles. The Morgan fingerprint density at radius 3 is 2.29 bits per heavy atom. The molecule has 0 amide bonds. The van der Waals surface area contributed by atoms with Crippen LogP contribution >= 0.6 is 0 Å². The number of carbonyl (C=O) groups is 1. The number of unbranched alkanes of at least 4 members (excludes halogenated alkanes) is 4. The fourth-order valence-electron chi connectivity index (χ4n) is 4.60. The number of nitrogens with zero attached hydrogens (tertiary/aromatic N) is 1. The number of benzene rings is 2. The molecule has 0 N–H and O–H groups in total. The van der Waals surface area contributed by atoms with Crippen molar-refractivity contribution in [3.8, 4) is 22.9 Å². The SMILES string of the molecule is CCCCCCCc1ccc(-c2ccc(OC(=O)C3(C#N)CCCC(C)C3)cc2)cc1. The highest BCUT2D eigenvalue weighted by Gasteiger charge is 2.43. The molecule has 0 spiro atoms. The van der Waals surface area contributed by atoms with Crippen LogP contribution in [0, 0.1) is 22.7 Å². The van der Waals surface area contributed by atoms with E-state index in [-0.39, 0.29) is 0 Å². The Bertz CT molecular complexity index is 879. The second-order valence-corrected chi connectivity index (χ2v) is 9.17. The minimum atomic E-state index is -0.997. The molecule has 1 aliphatic rings. The van der Waals surface area contributed by atoms with Gasteiger partial charge in [-0.1, -0.05) is 88.8 Å². The Kier molecular flexibility index (Phi) is 8.29. The molecule has 0 radical (unpaired) electrons. The monoisotopic (exact) mass is 417 g/mol. The van der Waals surface area contributed by atoms with E-state index in [1.165, 1.54) is 37.7 Å². The van der Waals surface area contributed by atoms with Gasteiger partial charge in [0.25, 0.3) is 0 Å². The summed E-state index contributed by atoms with van der Waals surface area (Å²) in [6.07, 6.45) is 10.8. The van der Waals surface area contributed by atoms with Gasteiger partial charge in [-0.05, 0) is 60.4 Å². The first-order valence-corrected chi connectivity index (χ1v) is 11.9. The van der Waals surface area contributed by atoms with Gasteiger partial charge in [0.2, 0.25) is 0 Å². The zero-order valence-electron chi connectivity index (χ0n) is 19.0. The van der Waals surface area contributed by atoms with Crippen molar-refractivity contribution in [1.82, 2.24) is 0 Å².